The zero-order valence-electron chi connectivity index (χ0n) is 26.3. The maximum absolute atomic E-state index is 11.2. The van der Waals surface area contributed by atoms with Crippen LogP contribution in [0.15, 0.2) is 24.3 Å². The Kier molecular flexibility index (Phi) is 8.43. The normalized spacial score (nSPS) is 16.7. The van der Waals surface area contributed by atoms with Crippen molar-refractivity contribution in [2.45, 2.75) is 118 Å². The third-order valence-electron chi connectivity index (χ3n) is 7.98. The summed E-state index contributed by atoms with van der Waals surface area (Å²) in [6.07, 6.45) is 0. The van der Waals surface area contributed by atoms with Gasteiger partial charge in [-0.1, -0.05) is 107 Å². The van der Waals surface area contributed by atoms with E-state index in [1.165, 1.54) is 11.1 Å². The highest BCUT2D eigenvalue weighted by molar-refractivity contribution is 5.50. The highest BCUT2D eigenvalue weighted by atomic mass is 16.3. The Bertz CT molecular complexity index is 1040. The lowest BCUT2D eigenvalue weighted by molar-refractivity contribution is 0.120. The van der Waals surface area contributed by atoms with E-state index < -0.39 is 0 Å². The number of hydrogen-bond acceptors (Lipinski definition) is 4. The second kappa shape index (κ2) is 10.5. The molecule has 212 valence electrons. The van der Waals surface area contributed by atoms with Gasteiger partial charge in [-0.05, 0) is 43.9 Å². The molecule has 3 rings (SSSR count). The van der Waals surface area contributed by atoms with E-state index >= 15 is 0 Å². The van der Waals surface area contributed by atoms with Gasteiger partial charge in [0.2, 0.25) is 0 Å². The average molecular weight is 523 g/mol. The van der Waals surface area contributed by atoms with Crippen molar-refractivity contribution in [2.24, 2.45) is 0 Å². The van der Waals surface area contributed by atoms with E-state index in [2.05, 4.69) is 117 Å². The molecule has 4 heteroatoms. The van der Waals surface area contributed by atoms with Gasteiger partial charge in [-0.2, -0.15) is 0 Å². The van der Waals surface area contributed by atoms with E-state index in [4.69, 9.17) is 0 Å². The van der Waals surface area contributed by atoms with E-state index in [1.54, 1.807) is 0 Å². The van der Waals surface area contributed by atoms with Crippen molar-refractivity contribution in [3.05, 3.63) is 57.6 Å². The van der Waals surface area contributed by atoms with Gasteiger partial charge in [0, 0.05) is 50.4 Å². The Hall–Kier alpha value is -2.04. The monoisotopic (exact) mass is 522 g/mol. The minimum Gasteiger partial charge on any atom is -0.507 e. The van der Waals surface area contributed by atoms with Crippen molar-refractivity contribution in [1.29, 1.82) is 0 Å². The van der Waals surface area contributed by atoms with Gasteiger partial charge in [-0.15, -0.1) is 0 Å². The molecular weight excluding hydrogens is 468 g/mol. The van der Waals surface area contributed by atoms with Gasteiger partial charge in [-0.3, -0.25) is 9.80 Å². The van der Waals surface area contributed by atoms with Crippen LogP contribution >= 0.6 is 0 Å². The molecule has 0 atom stereocenters. The van der Waals surface area contributed by atoms with Crippen LogP contribution in [0.4, 0.5) is 0 Å². The summed E-state index contributed by atoms with van der Waals surface area (Å²) in [5.41, 5.74) is 6.48. The van der Waals surface area contributed by atoms with Crippen molar-refractivity contribution in [1.82, 2.24) is 9.80 Å². The molecule has 2 aromatic carbocycles. The van der Waals surface area contributed by atoms with Crippen LogP contribution in [0.25, 0.3) is 0 Å². The fraction of sp³-hybridized carbons (Fsp3) is 0.647. The lowest BCUT2D eigenvalue weighted by Crippen LogP contribution is -2.45. The van der Waals surface area contributed by atoms with Crippen LogP contribution in [0, 0.1) is 0 Å². The summed E-state index contributed by atoms with van der Waals surface area (Å²) < 4.78 is 0. The smallest absolute Gasteiger partial charge is 0.123 e. The molecule has 1 fully saturated rings. The zero-order valence-corrected chi connectivity index (χ0v) is 26.3. The lowest BCUT2D eigenvalue weighted by atomic mass is 9.78. The summed E-state index contributed by atoms with van der Waals surface area (Å²) in [4.78, 5) is 4.91. The zero-order chi connectivity index (χ0) is 28.8. The maximum atomic E-state index is 11.2. The van der Waals surface area contributed by atoms with Gasteiger partial charge in [0.15, 0.2) is 0 Å². The number of nitrogens with zero attached hydrogens (tertiary/aromatic N) is 2. The fourth-order valence-electron chi connectivity index (χ4n) is 5.23. The summed E-state index contributed by atoms with van der Waals surface area (Å²) in [6.45, 7) is 31.7. The first-order valence-corrected chi connectivity index (χ1v) is 14.4. The first-order chi connectivity index (χ1) is 17.2. The molecule has 0 unspecified atom stereocenters. The van der Waals surface area contributed by atoms with Crippen LogP contribution in [0.5, 0.6) is 11.5 Å². The number of piperazine rings is 1. The second-order valence-corrected chi connectivity index (χ2v) is 15.6. The first kappa shape index (κ1) is 30.5. The number of phenols is 2. The molecule has 2 N–H and O–H groups in total. The molecule has 1 saturated heterocycles. The molecule has 38 heavy (non-hydrogen) atoms. The van der Waals surface area contributed by atoms with Gasteiger partial charge in [0.1, 0.15) is 11.5 Å². The van der Waals surface area contributed by atoms with Crippen molar-refractivity contribution >= 4 is 0 Å². The maximum Gasteiger partial charge on any atom is 0.123 e. The molecule has 0 bridgehead atoms. The van der Waals surface area contributed by atoms with Crippen LogP contribution in [0.2, 0.25) is 0 Å². The summed E-state index contributed by atoms with van der Waals surface area (Å²) in [6, 6.07) is 8.81. The number of phenolic OH excluding ortho intramolecular Hbond substituents is 2. The van der Waals surface area contributed by atoms with Crippen LogP contribution < -0.4 is 0 Å². The Balaban J connectivity index is 1.79. The summed E-state index contributed by atoms with van der Waals surface area (Å²) in [5.74, 6) is 0.901. The number of benzene rings is 2. The molecule has 4 nitrogen and oxygen atoms in total. The predicted octanol–water partition coefficient (Wildman–Crippen LogP) is 7.61. The topological polar surface area (TPSA) is 46.9 Å². The van der Waals surface area contributed by atoms with Crippen LogP contribution in [-0.4, -0.2) is 46.2 Å². The molecule has 0 aromatic heterocycles. The highest BCUT2D eigenvalue weighted by Gasteiger charge is 2.28. The molecule has 1 aliphatic heterocycles. The van der Waals surface area contributed by atoms with E-state index in [0.717, 1.165) is 61.5 Å². The van der Waals surface area contributed by atoms with E-state index in [-0.39, 0.29) is 21.7 Å². The molecule has 0 amide bonds. The molecule has 0 spiro atoms. The third kappa shape index (κ3) is 7.12. The molecule has 1 aliphatic rings. The standard InChI is InChI=1S/C34H54N2O2/c1-31(2,3)25-17-23(29(37)27(19-25)33(7,8)9)21-35-13-15-36(16-14-35)22-24-18-26(32(4,5)6)20-28(30(24)38)34(10,11)12/h17-20,37-38H,13-16,21-22H2,1-12H3. The third-order valence-corrected chi connectivity index (χ3v) is 7.98. The van der Waals surface area contributed by atoms with Gasteiger partial charge >= 0.3 is 0 Å². The summed E-state index contributed by atoms with van der Waals surface area (Å²) in [5, 5.41) is 22.5. The summed E-state index contributed by atoms with van der Waals surface area (Å²) in [7, 11) is 0. The van der Waals surface area contributed by atoms with Crippen molar-refractivity contribution in [2.75, 3.05) is 26.2 Å². The predicted molar refractivity (Wildman–Crippen MR) is 162 cm³/mol. The second-order valence-electron chi connectivity index (χ2n) is 15.6. The minimum absolute atomic E-state index is 0.0245. The molecule has 0 aliphatic carbocycles. The van der Waals surface area contributed by atoms with Crippen LogP contribution in [-0.2, 0) is 34.7 Å². The van der Waals surface area contributed by atoms with Crippen molar-refractivity contribution < 1.29 is 10.2 Å². The number of rotatable bonds is 4. The van der Waals surface area contributed by atoms with E-state index in [0.29, 0.717) is 11.5 Å². The van der Waals surface area contributed by atoms with Crippen LogP contribution in [0.3, 0.4) is 0 Å². The molecule has 0 saturated carbocycles. The van der Waals surface area contributed by atoms with Gasteiger partial charge in [0.05, 0.1) is 0 Å². The van der Waals surface area contributed by atoms with Crippen molar-refractivity contribution in [3.8, 4) is 11.5 Å². The van der Waals surface area contributed by atoms with Crippen molar-refractivity contribution in [3.63, 3.8) is 0 Å². The Labute approximate surface area is 233 Å². The quantitative estimate of drug-likeness (QED) is 0.434. The SMILES string of the molecule is CC(C)(C)c1cc(CN2CCN(Cc3cc(C(C)(C)C)cc(C(C)(C)C)c3O)CC2)c(O)c(C(C)(C)C)c1. The minimum atomic E-state index is -0.117. The first-order valence-electron chi connectivity index (χ1n) is 14.4. The fourth-order valence-corrected chi connectivity index (χ4v) is 5.23. The molecule has 1 heterocycles. The van der Waals surface area contributed by atoms with Gasteiger partial charge < -0.3 is 10.2 Å². The lowest BCUT2D eigenvalue weighted by Gasteiger charge is -2.36. The Morgan fingerprint density at radius 2 is 0.789 bits per heavy atom. The van der Waals surface area contributed by atoms with Crippen LogP contribution in [0.1, 0.15) is 116 Å². The van der Waals surface area contributed by atoms with Gasteiger partial charge in [0.25, 0.3) is 0 Å². The number of hydrogen-bond donors (Lipinski definition) is 2. The molecular formula is C34H54N2O2. The number of aromatic hydroxyl groups is 2. The average Bonchev–Trinajstić information content (AvgIpc) is 2.74. The highest BCUT2D eigenvalue weighted by Crippen LogP contribution is 2.40. The van der Waals surface area contributed by atoms with Gasteiger partial charge in [-0.25, -0.2) is 0 Å². The Morgan fingerprint density at radius 3 is 1.03 bits per heavy atom. The largest absolute Gasteiger partial charge is 0.507 e. The van der Waals surface area contributed by atoms with E-state index in [9.17, 15) is 10.2 Å². The summed E-state index contributed by atoms with van der Waals surface area (Å²) >= 11 is 0. The Morgan fingerprint density at radius 1 is 0.500 bits per heavy atom. The molecule has 0 radical (unpaired) electrons. The van der Waals surface area contributed by atoms with E-state index in [1.807, 2.05) is 0 Å². The molecule has 2 aromatic rings.